The maximum atomic E-state index is 12.3. The molecule has 1 aromatic rings. The van der Waals surface area contributed by atoms with Crippen molar-refractivity contribution in [2.45, 2.75) is 24.7 Å². The fourth-order valence-electron chi connectivity index (χ4n) is 3.41. The van der Waals surface area contributed by atoms with E-state index in [0.29, 0.717) is 24.8 Å². The van der Waals surface area contributed by atoms with Crippen LogP contribution in [0.4, 0.5) is 13.2 Å². The van der Waals surface area contributed by atoms with Crippen LogP contribution in [0.15, 0.2) is 22.8 Å². The minimum absolute atomic E-state index is 0.0608. The molecule has 11 heteroatoms. The molecule has 0 unspecified atom stereocenters. The van der Waals surface area contributed by atoms with E-state index in [0.717, 1.165) is 6.42 Å². The first-order valence-corrected chi connectivity index (χ1v) is 8.12. The molecule has 3 rings (SSSR count). The Hall–Kier alpha value is -2.56. The molecule has 0 aliphatic carbocycles. The molecule has 0 radical (unpaired) electrons. The lowest BCUT2D eigenvalue weighted by Gasteiger charge is -2.25. The van der Waals surface area contributed by atoms with Gasteiger partial charge in [-0.1, -0.05) is 0 Å². The molecule has 2 fully saturated rings. The van der Waals surface area contributed by atoms with Crippen LogP contribution in [0.3, 0.4) is 0 Å². The molecule has 1 aromatic heterocycles. The summed E-state index contributed by atoms with van der Waals surface area (Å²) in [6, 6.07) is 3.60. The van der Waals surface area contributed by atoms with Crippen LogP contribution in [0.25, 0.3) is 0 Å². The maximum Gasteiger partial charge on any atom is 0.490 e. The molecule has 0 spiro atoms. The second-order valence-electron chi connectivity index (χ2n) is 6.35. The third kappa shape index (κ3) is 4.59. The van der Waals surface area contributed by atoms with Crippen molar-refractivity contribution in [2.75, 3.05) is 27.2 Å². The summed E-state index contributed by atoms with van der Waals surface area (Å²) in [6.45, 7) is 1.36. The number of carbonyl (C=O) groups is 3. The Balaban J connectivity index is 0.000000321. The van der Waals surface area contributed by atoms with E-state index in [2.05, 4.69) is 10.2 Å². The number of halogens is 3. The number of likely N-dealkylation sites (tertiary alicyclic amines) is 2. The second-order valence-corrected chi connectivity index (χ2v) is 6.35. The van der Waals surface area contributed by atoms with E-state index in [9.17, 15) is 22.8 Å². The van der Waals surface area contributed by atoms with Gasteiger partial charge in [-0.05, 0) is 31.5 Å². The maximum absolute atomic E-state index is 12.3. The molecule has 150 valence electrons. The average Bonchev–Trinajstić information content (AvgIpc) is 3.31. The number of carboxylic acids is 1. The Bertz CT molecular complexity index is 692. The number of furan rings is 1. The Morgan fingerprint density at radius 1 is 1.30 bits per heavy atom. The number of carboxylic acid groups (broad SMARTS) is 1. The summed E-state index contributed by atoms with van der Waals surface area (Å²) in [7, 11) is 3.63. The first kappa shape index (κ1) is 20.7. The minimum Gasteiger partial charge on any atom is -0.475 e. The van der Waals surface area contributed by atoms with E-state index >= 15 is 0 Å². The average molecular weight is 391 g/mol. The molecule has 8 nitrogen and oxygen atoms in total. The second kappa shape index (κ2) is 7.99. The van der Waals surface area contributed by atoms with E-state index in [4.69, 9.17) is 14.3 Å². The van der Waals surface area contributed by atoms with Crippen molar-refractivity contribution in [3.05, 3.63) is 24.2 Å². The molecular weight excluding hydrogens is 371 g/mol. The molecule has 2 amide bonds. The highest BCUT2D eigenvalue weighted by Gasteiger charge is 2.48. The summed E-state index contributed by atoms with van der Waals surface area (Å²) in [5, 5.41) is 9.83. The van der Waals surface area contributed by atoms with Gasteiger partial charge in [0.05, 0.1) is 12.3 Å². The third-order valence-electron chi connectivity index (χ3n) is 4.76. The number of fused-ring (bicyclic) bond motifs is 1. The molecule has 0 bridgehead atoms. The number of hydrogen-bond donors (Lipinski definition) is 2. The number of carbonyl (C=O) groups excluding carboxylic acids is 2. The quantitative estimate of drug-likeness (QED) is 0.773. The number of nitrogens with one attached hydrogen (secondary N) is 1. The number of aliphatic carboxylic acids is 1. The zero-order valence-corrected chi connectivity index (χ0v) is 14.7. The summed E-state index contributed by atoms with van der Waals surface area (Å²) in [6.07, 6.45) is -2.76. The van der Waals surface area contributed by atoms with Crippen LogP contribution in [0.2, 0.25) is 0 Å². The van der Waals surface area contributed by atoms with E-state index in [1.54, 1.807) is 19.2 Å². The van der Waals surface area contributed by atoms with Gasteiger partial charge in [-0.2, -0.15) is 13.2 Å². The summed E-state index contributed by atoms with van der Waals surface area (Å²) >= 11 is 0. The van der Waals surface area contributed by atoms with E-state index in [1.807, 2.05) is 11.9 Å². The zero-order valence-electron chi connectivity index (χ0n) is 14.7. The molecule has 27 heavy (non-hydrogen) atoms. The number of nitrogens with zero attached hydrogens (tertiary/aromatic N) is 2. The van der Waals surface area contributed by atoms with Crippen molar-refractivity contribution in [3.8, 4) is 0 Å². The van der Waals surface area contributed by atoms with Crippen LogP contribution in [-0.4, -0.2) is 78.1 Å². The lowest BCUT2D eigenvalue weighted by molar-refractivity contribution is -0.192. The van der Waals surface area contributed by atoms with Gasteiger partial charge >= 0.3 is 12.1 Å². The van der Waals surface area contributed by atoms with Gasteiger partial charge in [0.2, 0.25) is 5.91 Å². The number of amides is 2. The fraction of sp³-hybridized carbons (Fsp3) is 0.562. The zero-order chi connectivity index (χ0) is 20.4. The number of alkyl halides is 3. The smallest absolute Gasteiger partial charge is 0.475 e. The van der Waals surface area contributed by atoms with Gasteiger partial charge in [0.15, 0.2) is 5.76 Å². The lowest BCUT2D eigenvalue weighted by Crippen LogP contribution is -2.45. The molecule has 2 aliphatic rings. The largest absolute Gasteiger partial charge is 0.490 e. The Labute approximate surface area is 152 Å². The normalized spacial score (nSPS) is 24.8. The molecule has 2 N–H and O–H groups in total. The summed E-state index contributed by atoms with van der Waals surface area (Å²) in [5.74, 6) is -2.01. The summed E-state index contributed by atoms with van der Waals surface area (Å²) in [5.41, 5.74) is 0. The van der Waals surface area contributed by atoms with Crippen molar-refractivity contribution >= 4 is 17.8 Å². The van der Waals surface area contributed by atoms with Crippen molar-refractivity contribution in [2.24, 2.45) is 5.92 Å². The highest BCUT2D eigenvalue weighted by Crippen LogP contribution is 2.35. The number of likely N-dealkylation sites (N-methyl/N-ethyl adjacent to an activating group) is 2. The predicted molar refractivity (Wildman–Crippen MR) is 85.8 cm³/mol. The first-order valence-electron chi connectivity index (χ1n) is 8.12. The number of hydrogen-bond acceptors (Lipinski definition) is 5. The van der Waals surface area contributed by atoms with Crippen LogP contribution in [0, 0.1) is 5.92 Å². The van der Waals surface area contributed by atoms with Gasteiger partial charge in [-0.25, -0.2) is 4.79 Å². The molecular formula is C16H20F3N3O5. The molecule has 2 aliphatic heterocycles. The van der Waals surface area contributed by atoms with E-state index < -0.39 is 12.1 Å². The van der Waals surface area contributed by atoms with Crippen LogP contribution < -0.4 is 5.32 Å². The molecule has 2 saturated heterocycles. The Morgan fingerprint density at radius 3 is 2.37 bits per heavy atom. The SMILES string of the molecule is CNC(=O)[C@@H]1C[C@H]2CN(C(=O)c3ccco3)C[C@H]2N1C.O=C(O)C(F)(F)F. The van der Waals surface area contributed by atoms with Gasteiger partial charge < -0.3 is 19.7 Å². The van der Waals surface area contributed by atoms with Crippen LogP contribution >= 0.6 is 0 Å². The van der Waals surface area contributed by atoms with E-state index in [1.165, 1.54) is 6.26 Å². The van der Waals surface area contributed by atoms with Crippen molar-refractivity contribution in [3.63, 3.8) is 0 Å². The highest BCUT2D eigenvalue weighted by molar-refractivity contribution is 5.91. The molecule has 0 aromatic carbocycles. The number of rotatable bonds is 2. The molecule has 0 saturated carbocycles. The van der Waals surface area contributed by atoms with Gasteiger partial charge in [-0.15, -0.1) is 0 Å². The van der Waals surface area contributed by atoms with Crippen LogP contribution in [0.1, 0.15) is 17.0 Å². The summed E-state index contributed by atoms with van der Waals surface area (Å²) in [4.78, 5) is 36.9. The van der Waals surface area contributed by atoms with Gasteiger partial charge in [0.1, 0.15) is 0 Å². The van der Waals surface area contributed by atoms with E-state index in [-0.39, 0.29) is 23.9 Å². The predicted octanol–water partition coefficient (Wildman–Crippen LogP) is 0.804. The lowest BCUT2D eigenvalue weighted by atomic mass is 10.0. The summed E-state index contributed by atoms with van der Waals surface area (Å²) < 4.78 is 36.9. The fourth-order valence-corrected chi connectivity index (χ4v) is 3.41. The van der Waals surface area contributed by atoms with Crippen molar-refractivity contribution < 1.29 is 37.1 Å². The Morgan fingerprint density at radius 2 is 1.93 bits per heavy atom. The standard InChI is InChI=1S/C14H19N3O3.C2HF3O2/c1-15-13(18)10-6-9-7-17(8-11(9)16(10)2)14(19)12-4-3-5-20-12;3-2(4,5)1(6)7/h3-5,9-11H,6-8H2,1-2H3,(H,15,18);(H,6,7)/t9-,10-,11+;/m0./s1. The molecule has 3 heterocycles. The van der Waals surface area contributed by atoms with Crippen LogP contribution in [-0.2, 0) is 9.59 Å². The molecule has 3 atom stereocenters. The Kier molecular flexibility index (Phi) is 6.14. The van der Waals surface area contributed by atoms with Gasteiger partial charge in [0, 0.05) is 26.2 Å². The van der Waals surface area contributed by atoms with Crippen molar-refractivity contribution in [1.82, 2.24) is 15.1 Å². The first-order chi connectivity index (χ1) is 12.6. The van der Waals surface area contributed by atoms with Gasteiger partial charge in [0.25, 0.3) is 5.91 Å². The monoisotopic (exact) mass is 391 g/mol. The topological polar surface area (TPSA) is 103 Å². The van der Waals surface area contributed by atoms with Gasteiger partial charge in [-0.3, -0.25) is 14.5 Å². The van der Waals surface area contributed by atoms with Crippen molar-refractivity contribution in [1.29, 1.82) is 0 Å². The minimum atomic E-state index is -5.08. The van der Waals surface area contributed by atoms with Crippen LogP contribution in [0.5, 0.6) is 0 Å². The highest BCUT2D eigenvalue weighted by atomic mass is 19.4. The third-order valence-corrected chi connectivity index (χ3v) is 4.76.